The predicted molar refractivity (Wildman–Crippen MR) is 74.9 cm³/mol. The molecule has 0 saturated carbocycles. The molecule has 1 aliphatic heterocycles. The lowest BCUT2D eigenvalue weighted by atomic mass is 10.2. The molecule has 0 radical (unpaired) electrons. The summed E-state index contributed by atoms with van der Waals surface area (Å²) in [6, 6.07) is 4.00. The van der Waals surface area contributed by atoms with Crippen molar-refractivity contribution in [1.29, 1.82) is 0 Å². The number of hydrogen-bond acceptors (Lipinski definition) is 4. The van der Waals surface area contributed by atoms with E-state index in [4.69, 9.17) is 9.47 Å². The molecule has 0 amide bonds. The number of fused-ring (bicyclic) bond motifs is 1. The van der Waals surface area contributed by atoms with Crippen LogP contribution in [0.25, 0.3) is 0 Å². The van der Waals surface area contributed by atoms with Crippen molar-refractivity contribution in [2.24, 2.45) is 0 Å². The number of benzene rings is 1. The summed E-state index contributed by atoms with van der Waals surface area (Å²) in [6.45, 7) is 4.37. The predicted octanol–water partition coefficient (Wildman–Crippen LogP) is 3.02. The molecule has 1 atom stereocenters. The minimum Gasteiger partial charge on any atom is -0.454 e. The van der Waals surface area contributed by atoms with Crippen molar-refractivity contribution < 1.29 is 9.47 Å². The summed E-state index contributed by atoms with van der Waals surface area (Å²) in [5.41, 5.74) is 1.20. The molecule has 0 bridgehead atoms. The lowest BCUT2D eigenvalue weighted by Crippen LogP contribution is -2.22. The first-order valence-corrected chi connectivity index (χ1v) is 7.60. The average Bonchev–Trinajstić information content (AvgIpc) is 2.76. The summed E-state index contributed by atoms with van der Waals surface area (Å²) in [5.74, 6) is 1.65. The van der Waals surface area contributed by atoms with Crippen LogP contribution in [0.5, 0.6) is 11.5 Å². The van der Waals surface area contributed by atoms with Gasteiger partial charge < -0.3 is 14.8 Å². The van der Waals surface area contributed by atoms with E-state index in [9.17, 15) is 0 Å². The van der Waals surface area contributed by atoms with E-state index in [1.807, 2.05) is 23.9 Å². The van der Waals surface area contributed by atoms with E-state index in [0.29, 0.717) is 12.0 Å². The van der Waals surface area contributed by atoms with Crippen LogP contribution in [0.2, 0.25) is 0 Å². The van der Waals surface area contributed by atoms with E-state index >= 15 is 0 Å². The molecule has 5 heteroatoms. The minimum atomic E-state index is 0.322. The number of rotatable bonds is 5. The van der Waals surface area contributed by atoms with Crippen LogP contribution in [-0.4, -0.2) is 24.8 Å². The third-order valence-corrected chi connectivity index (χ3v) is 4.40. The topological polar surface area (TPSA) is 30.5 Å². The van der Waals surface area contributed by atoms with E-state index in [-0.39, 0.29) is 0 Å². The molecule has 1 aliphatic rings. The van der Waals surface area contributed by atoms with Crippen LogP contribution >= 0.6 is 27.7 Å². The molecule has 2 rings (SSSR count). The van der Waals surface area contributed by atoms with E-state index in [2.05, 4.69) is 34.4 Å². The molecule has 0 aromatic heterocycles. The van der Waals surface area contributed by atoms with Crippen molar-refractivity contribution in [3.8, 4) is 11.5 Å². The Morgan fingerprint density at radius 2 is 2.12 bits per heavy atom. The Morgan fingerprint density at radius 3 is 2.82 bits per heavy atom. The summed E-state index contributed by atoms with van der Waals surface area (Å²) in [7, 11) is 0. The van der Waals surface area contributed by atoms with Gasteiger partial charge in [0, 0.05) is 22.8 Å². The van der Waals surface area contributed by atoms with E-state index < -0.39 is 0 Å². The van der Waals surface area contributed by atoms with E-state index in [1.54, 1.807) is 0 Å². The SMILES string of the molecule is CSC(C)CNCc1cc2c(cc1Br)OCO2. The summed E-state index contributed by atoms with van der Waals surface area (Å²) >= 11 is 5.42. The molecule has 1 heterocycles. The highest BCUT2D eigenvalue weighted by atomic mass is 79.9. The summed E-state index contributed by atoms with van der Waals surface area (Å²) in [4.78, 5) is 0. The quantitative estimate of drug-likeness (QED) is 0.904. The van der Waals surface area contributed by atoms with Gasteiger partial charge in [0.25, 0.3) is 0 Å². The van der Waals surface area contributed by atoms with Gasteiger partial charge in [0.05, 0.1) is 0 Å². The van der Waals surface area contributed by atoms with E-state index in [1.165, 1.54) is 5.56 Å². The third kappa shape index (κ3) is 3.30. The molecule has 94 valence electrons. The summed E-state index contributed by atoms with van der Waals surface area (Å²) in [5, 5.41) is 4.06. The van der Waals surface area contributed by atoms with Crippen molar-refractivity contribution in [3.05, 3.63) is 22.2 Å². The zero-order valence-corrected chi connectivity index (χ0v) is 12.4. The van der Waals surface area contributed by atoms with Crippen LogP contribution < -0.4 is 14.8 Å². The van der Waals surface area contributed by atoms with Crippen molar-refractivity contribution in [3.63, 3.8) is 0 Å². The van der Waals surface area contributed by atoms with Gasteiger partial charge in [-0.3, -0.25) is 0 Å². The first kappa shape index (κ1) is 13.1. The van der Waals surface area contributed by atoms with Gasteiger partial charge in [0.1, 0.15) is 0 Å². The maximum absolute atomic E-state index is 5.37. The normalized spacial score (nSPS) is 15.0. The van der Waals surface area contributed by atoms with Crippen LogP contribution in [0.3, 0.4) is 0 Å². The highest BCUT2D eigenvalue weighted by molar-refractivity contribution is 9.10. The second-order valence-electron chi connectivity index (χ2n) is 3.97. The zero-order chi connectivity index (χ0) is 12.3. The first-order valence-electron chi connectivity index (χ1n) is 5.52. The van der Waals surface area contributed by atoms with Gasteiger partial charge in [-0.25, -0.2) is 0 Å². The smallest absolute Gasteiger partial charge is 0.231 e. The Balaban J connectivity index is 1.97. The fourth-order valence-electron chi connectivity index (χ4n) is 1.59. The standard InChI is InChI=1S/C12H16BrNO2S/c1-8(17-2)5-14-6-9-3-11-12(4-10(9)13)16-7-15-11/h3-4,8,14H,5-7H2,1-2H3. The van der Waals surface area contributed by atoms with Gasteiger partial charge in [0.15, 0.2) is 11.5 Å². The third-order valence-electron chi connectivity index (χ3n) is 2.69. The average molecular weight is 318 g/mol. The molecular formula is C12H16BrNO2S. The van der Waals surface area contributed by atoms with Gasteiger partial charge in [-0.1, -0.05) is 22.9 Å². The minimum absolute atomic E-state index is 0.322. The van der Waals surface area contributed by atoms with Crippen molar-refractivity contribution in [2.75, 3.05) is 19.6 Å². The number of hydrogen-bond donors (Lipinski definition) is 1. The van der Waals surface area contributed by atoms with Crippen LogP contribution in [0.15, 0.2) is 16.6 Å². The number of halogens is 1. The Morgan fingerprint density at radius 1 is 1.41 bits per heavy atom. The molecule has 17 heavy (non-hydrogen) atoms. The van der Waals surface area contributed by atoms with Crippen LogP contribution in [0.4, 0.5) is 0 Å². The number of thioether (sulfide) groups is 1. The summed E-state index contributed by atoms with van der Waals surface area (Å²) in [6.07, 6.45) is 2.13. The molecule has 0 saturated heterocycles. The van der Waals surface area contributed by atoms with Gasteiger partial charge in [0.2, 0.25) is 6.79 Å². The molecule has 3 nitrogen and oxygen atoms in total. The highest BCUT2D eigenvalue weighted by Gasteiger charge is 2.16. The Kier molecular flexibility index (Phi) is 4.59. The molecule has 0 aliphatic carbocycles. The van der Waals surface area contributed by atoms with Crippen molar-refractivity contribution in [2.45, 2.75) is 18.7 Å². The molecule has 1 aromatic carbocycles. The Labute approximate surface area is 114 Å². The Hall–Kier alpha value is -0.390. The fraction of sp³-hybridized carbons (Fsp3) is 0.500. The zero-order valence-electron chi connectivity index (χ0n) is 9.96. The lowest BCUT2D eigenvalue weighted by Gasteiger charge is -2.11. The van der Waals surface area contributed by atoms with E-state index in [0.717, 1.165) is 29.1 Å². The van der Waals surface area contributed by atoms with Gasteiger partial charge >= 0.3 is 0 Å². The molecule has 1 unspecified atom stereocenters. The van der Waals surface area contributed by atoms with Gasteiger partial charge in [-0.15, -0.1) is 0 Å². The van der Waals surface area contributed by atoms with Gasteiger partial charge in [-0.05, 0) is 24.0 Å². The molecule has 1 N–H and O–H groups in total. The van der Waals surface area contributed by atoms with Gasteiger partial charge in [-0.2, -0.15) is 11.8 Å². The van der Waals surface area contributed by atoms with Crippen LogP contribution in [-0.2, 0) is 6.54 Å². The molecular weight excluding hydrogens is 302 g/mol. The molecule has 1 aromatic rings. The monoisotopic (exact) mass is 317 g/mol. The maximum Gasteiger partial charge on any atom is 0.231 e. The first-order chi connectivity index (χ1) is 8.20. The number of ether oxygens (including phenoxy) is 2. The van der Waals surface area contributed by atoms with Crippen LogP contribution in [0.1, 0.15) is 12.5 Å². The fourth-order valence-corrected chi connectivity index (χ4v) is 2.34. The number of nitrogens with one attached hydrogen (secondary N) is 1. The van der Waals surface area contributed by atoms with Crippen molar-refractivity contribution >= 4 is 27.7 Å². The van der Waals surface area contributed by atoms with Crippen LogP contribution in [0, 0.1) is 0 Å². The highest BCUT2D eigenvalue weighted by Crippen LogP contribution is 2.36. The second-order valence-corrected chi connectivity index (χ2v) is 6.10. The molecule has 0 spiro atoms. The maximum atomic E-state index is 5.37. The van der Waals surface area contributed by atoms with Crippen molar-refractivity contribution in [1.82, 2.24) is 5.32 Å². The summed E-state index contributed by atoms with van der Waals surface area (Å²) < 4.78 is 11.7. The second kappa shape index (κ2) is 5.98. The Bertz CT molecular complexity index is 400. The molecule has 0 fully saturated rings. The largest absolute Gasteiger partial charge is 0.454 e. The lowest BCUT2D eigenvalue weighted by molar-refractivity contribution is 0.174.